The van der Waals surface area contributed by atoms with Gasteiger partial charge in [0.1, 0.15) is 0 Å². The second kappa shape index (κ2) is 13.7. The molecule has 0 atom stereocenters. The summed E-state index contributed by atoms with van der Waals surface area (Å²) in [7, 11) is 3.53. The van der Waals surface area contributed by atoms with Gasteiger partial charge in [-0.3, -0.25) is 4.99 Å². The zero-order chi connectivity index (χ0) is 17.8. The number of guanidine groups is 1. The predicted octanol–water partition coefficient (Wildman–Crippen LogP) is 3.79. The van der Waals surface area contributed by atoms with Crippen molar-refractivity contribution in [3.05, 3.63) is 22.4 Å². The molecule has 0 saturated heterocycles. The van der Waals surface area contributed by atoms with Crippen LogP contribution in [0.25, 0.3) is 0 Å². The number of nitrogens with one attached hydrogen (secondary N) is 2. The number of methoxy groups -OCH3 is 1. The summed E-state index contributed by atoms with van der Waals surface area (Å²) in [6, 6.07) is 4.47. The lowest BCUT2D eigenvalue weighted by atomic mass is 9.73. The van der Waals surface area contributed by atoms with Crippen LogP contribution in [0.15, 0.2) is 22.5 Å². The number of thiophene rings is 1. The molecule has 0 spiro atoms. The van der Waals surface area contributed by atoms with E-state index in [0.29, 0.717) is 13.2 Å². The molecule has 2 rings (SSSR count). The lowest BCUT2D eigenvalue weighted by molar-refractivity contribution is 0.0698. The first-order valence-electron chi connectivity index (χ1n) is 9.36. The minimum absolute atomic E-state index is 0. The van der Waals surface area contributed by atoms with E-state index in [1.165, 1.54) is 37.0 Å². The molecule has 0 unspecified atom stereocenters. The van der Waals surface area contributed by atoms with Crippen molar-refractivity contribution in [3.63, 3.8) is 0 Å². The summed E-state index contributed by atoms with van der Waals surface area (Å²) in [4.78, 5) is 5.88. The van der Waals surface area contributed by atoms with Gasteiger partial charge in [0.05, 0.1) is 13.2 Å². The molecule has 1 aromatic rings. The van der Waals surface area contributed by atoms with E-state index in [9.17, 15) is 0 Å². The summed E-state index contributed by atoms with van der Waals surface area (Å²) in [6.45, 7) is 3.87. The van der Waals surface area contributed by atoms with Crippen LogP contribution in [0.1, 0.15) is 43.4 Å². The highest BCUT2D eigenvalue weighted by Crippen LogP contribution is 2.41. The Balaban J connectivity index is 0.00000338. The fourth-order valence-corrected chi connectivity index (χ4v) is 4.41. The molecule has 1 aliphatic carbocycles. The van der Waals surface area contributed by atoms with E-state index in [2.05, 4.69) is 33.1 Å². The van der Waals surface area contributed by atoms with Crippen molar-refractivity contribution in [2.75, 3.05) is 47.1 Å². The lowest BCUT2D eigenvalue weighted by Gasteiger charge is -2.37. The number of hydrogen-bond donors (Lipinski definition) is 2. The Hall–Kier alpha value is -0.380. The third-order valence-corrected chi connectivity index (χ3v) is 5.98. The molecule has 0 aliphatic heterocycles. The summed E-state index contributed by atoms with van der Waals surface area (Å²) < 4.78 is 10.5. The molecule has 0 radical (unpaired) electrons. The standard InChI is InChI=1S/C19H33N3O2S.HI/c1-20-18(21-11-7-12-24-14-13-23-2)22-16-19(9-4-3-5-10-19)17-8-6-15-25-17;/h6,8,15H,3-5,7,9-14,16H2,1-2H3,(H2,20,21,22);1H. The molecular formula is C19H34IN3O2S. The number of hydrogen-bond acceptors (Lipinski definition) is 4. The SMILES string of the molecule is CN=C(NCCCOCCOC)NCC1(c2cccs2)CCCCC1.I. The van der Waals surface area contributed by atoms with Crippen molar-refractivity contribution < 1.29 is 9.47 Å². The molecule has 150 valence electrons. The van der Waals surface area contributed by atoms with Crippen molar-refractivity contribution in [3.8, 4) is 0 Å². The molecule has 1 saturated carbocycles. The Morgan fingerprint density at radius 3 is 2.65 bits per heavy atom. The summed E-state index contributed by atoms with van der Waals surface area (Å²) in [6.07, 6.45) is 7.51. The first kappa shape index (κ1) is 23.7. The Kier molecular flexibility index (Phi) is 12.5. The minimum Gasteiger partial charge on any atom is -0.382 e. The molecular weight excluding hydrogens is 461 g/mol. The van der Waals surface area contributed by atoms with Gasteiger partial charge in [-0.05, 0) is 30.7 Å². The Morgan fingerprint density at radius 2 is 2.00 bits per heavy atom. The van der Waals surface area contributed by atoms with Crippen molar-refractivity contribution in [2.45, 2.75) is 43.9 Å². The number of halogens is 1. The molecule has 26 heavy (non-hydrogen) atoms. The van der Waals surface area contributed by atoms with E-state index in [4.69, 9.17) is 9.47 Å². The maximum Gasteiger partial charge on any atom is 0.191 e. The Labute approximate surface area is 179 Å². The van der Waals surface area contributed by atoms with Gasteiger partial charge in [0, 0.05) is 44.1 Å². The maximum absolute atomic E-state index is 5.49. The molecule has 5 nitrogen and oxygen atoms in total. The zero-order valence-corrected chi connectivity index (χ0v) is 19.2. The van der Waals surface area contributed by atoms with Gasteiger partial charge in [-0.1, -0.05) is 25.3 Å². The summed E-state index contributed by atoms with van der Waals surface area (Å²) >= 11 is 1.89. The highest BCUT2D eigenvalue weighted by Gasteiger charge is 2.34. The Bertz CT molecular complexity index is 491. The molecule has 7 heteroatoms. The predicted molar refractivity (Wildman–Crippen MR) is 121 cm³/mol. The van der Waals surface area contributed by atoms with Gasteiger partial charge in [-0.15, -0.1) is 35.3 Å². The van der Waals surface area contributed by atoms with Crippen molar-refractivity contribution in [1.82, 2.24) is 10.6 Å². The van der Waals surface area contributed by atoms with Crippen molar-refractivity contribution in [2.24, 2.45) is 4.99 Å². The average molecular weight is 495 g/mol. The van der Waals surface area contributed by atoms with Gasteiger partial charge in [0.25, 0.3) is 0 Å². The van der Waals surface area contributed by atoms with Crippen molar-refractivity contribution in [1.29, 1.82) is 0 Å². The van der Waals surface area contributed by atoms with E-state index >= 15 is 0 Å². The second-order valence-corrected chi connectivity index (χ2v) is 7.58. The normalized spacial score (nSPS) is 16.8. The third-order valence-electron chi connectivity index (χ3n) is 4.86. The molecule has 1 heterocycles. The van der Waals surface area contributed by atoms with E-state index in [-0.39, 0.29) is 29.4 Å². The van der Waals surface area contributed by atoms with Gasteiger partial charge in [0.15, 0.2) is 5.96 Å². The average Bonchev–Trinajstić information content (AvgIpc) is 3.19. The first-order chi connectivity index (χ1) is 12.3. The molecule has 2 N–H and O–H groups in total. The molecule has 0 aromatic carbocycles. The highest BCUT2D eigenvalue weighted by atomic mass is 127. The smallest absolute Gasteiger partial charge is 0.191 e. The number of ether oxygens (including phenoxy) is 2. The zero-order valence-electron chi connectivity index (χ0n) is 16.1. The van der Waals surface area contributed by atoms with Crippen LogP contribution >= 0.6 is 35.3 Å². The van der Waals surface area contributed by atoms with Crippen LogP contribution < -0.4 is 10.6 Å². The van der Waals surface area contributed by atoms with E-state index in [1.807, 2.05) is 18.4 Å². The summed E-state index contributed by atoms with van der Waals surface area (Å²) in [5.74, 6) is 0.887. The van der Waals surface area contributed by atoms with E-state index < -0.39 is 0 Å². The topological polar surface area (TPSA) is 54.9 Å². The van der Waals surface area contributed by atoms with Crippen LogP contribution in [0.5, 0.6) is 0 Å². The number of nitrogens with zero attached hydrogens (tertiary/aromatic N) is 1. The minimum atomic E-state index is 0. The molecule has 0 amide bonds. The highest BCUT2D eigenvalue weighted by molar-refractivity contribution is 14.0. The number of rotatable bonds is 10. The molecule has 1 aliphatic rings. The van der Waals surface area contributed by atoms with Crippen LogP contribution in [0, 0.1) is 0 Å². The van der Waals surface area contributed by atoms with Crippen molar-refractivity contribution >= 4 is 41.3 Å². The van der Waals surface area contributed by atoms with E-state index in [1.54, 1.807) is 7.11 Å². The molecule has 1 aromatic heterocycles. The van der Waals surface area contributed by atoms with Crippen LogP contribution in [0.2, 0.25) is 0 Å². The molecule has 1 fully saturated rings. The van der Waals surface area contributed by atoms with E-state index in [0.717, 1.165) is 32.1 Å². The Morgan fingerprint density at radius 1 is 1.19 bits per heavy atom. The molecule has 0 bridgehead atoms. The first-order valence-corrected chi connectivity index (χ1v) is 10.2. The van der Waals surface area contributed by atoms with Crippen LogP contribution in [-0.2, 0) is 14.9 Å². The van der Waals surface area contributed by atoms with Crippen LogP contribution in [0.3, 0.4) is 0 Å². The van der Waals surface area contributed by atoms with Gasteiger partial charge in [0.2, 0.25) is 0 Å². The van der Waals surface area contributed by atoms with Gasteiger partial charge in [-0.25, -0.2) is 0 Å². The van der Waals surface area contributed by atoms with Gasteiger partial charge >= 0.3 is 0 Å². The third kappa shape index (κ3) is 7.70. The summed E-state index contributed by atoms with van der Waals surface area (Å²) in [5.41, 5.74) is 0.271. The largest absolute Gasteiger partial charge is 0.382 e. The lowest BCUT2D eigenvalue weighted by Crippen LogP contribution is -2.46. The van der Waals surface area contributed by atoms with Crippen LogP contribution in [-0.4, -0.2) is 53.0 Å². The quantitative estimate of drug-likeness (QED) is 0.225. The van der Waals surface area contributed by atoms with Crippen LogP contribution in [0.4, 0.5) is 0 Å². The monoisotopic (exact) mass is 495 g/mol. The summed E-state index contributed by atoms with van der Waals surface area (Å²) in [5, 5.41) is 9.15. The fourth-order valence-electron chi connectivity index (χ4n) is 3.42. The van der Waals surface area contributed by atoms with Gasteiger partial charge < -0.3 is 20.1 Å². The van der Waals surface area contributed by atoms with Gasteiger partial charge in [-0.2, -0.15) is 0 Å². The second-order valence-electron chi connectivity index (χ2n) is 6.63. The fraction of sp³-hybridized carbons (Fsp3) is 0.737. The maximum atomic E-state index is 5.49. The number of aliphatic imine (C=N–C) groups is 1.